The average Bonchev–Trinajstić information content (AvgIpc) is 2.39. The fourth-order valence-corrected chi connectivity index (χ4v) is 2.84. The standard InChI is InChI=1S/C14H17F2NO3/c1-9(13(18)19)11-2-5-14(15,16)12(8-11)10-3-6-17(20)7-4-10/h3-4,6-7,9,11-12H,2,5,8H2,1H3,(H,18,19)/t9?,11?,12-/m1/s1. The summed E-state index contributed by atoms with van der Waals surface area (Å²) in [5, 5.41) is 20.0. The van der Waals surface area contributed by atoms with Crippen LogP contribution in [0.2, 0.25) is 0 Å². The molecule has 2 rings (SSSR count). The van der Waals surface area contributed by atoms with Crippen LogP contribution in [-0.2, 0) is 4.79 Å². The number of aliphatic carboxylic acids is 1. The molecule has 6 heteroatoms. The molecule has 1 fully saturated rings. The molecule has 0 spiro atoms. The molecule has 20 heavy (non-hydrogen) atoms. The summed E-state index contributed by atoms with van der Waals surface area (Å²) in [4.78, 5) is 11.0. The summed E-state index contributed by atoms with van der Waals surface area (Å²) in [6, 6.07) is 2.78. The lowest BCUT2D eigenvalue weighted by molar-refractivity contribution is -0.605. The van der Waals surface area contributed by atoms with Crippen molar-refractivity contribution in [1.82, 2.24) is 0 Å². The van der Waals surface area contributed by atoms with Crippen molar-refractivity contribution in [3.8, 4) is 0 Å². The zero-order chi connectivity index (χ0) is 14.9. The first-order chi connectivity index (χ1) is 9.31. The molecule has 0 amide bonds. The van der Waals surface area contributed by atoms with Gasteiger partial charge in [-0.2, -0.15) is 4.73 Å². The summed E-state index contributed by atoms with van der Waals surface area (Å²) in [5.74, 6) is -5.74. The number of halogens is 2. The van der Waals surface area contributed by atoms with E-state index in [2.05, 4.69) is 0 Å². The number of rotatable bonds is 3. The zero-order valence-corrected chi connectivity index (χ0v) is 11.1. The lowest BCUT2D eigenvalue weighted by atomic mass is 9.71. The zero-order valence-electron chi connectivity index (χ0n) is 11.1. The number of hydrogen-bond donors (Lipinski definition) is 1. The molecule has 1 N–H and O–H groups in total. The van der Waals surface area contributed by atoms with Gasteiger partial charge in [-0.25, -0.2) is 8.78 Å². The summed E-state index contributed by atoms with van der Waals surface area (Å²) in [7, 11) is 0. The van der Waals surface area contributed by atoms with Crippen LogP contribution in [0, 0.1) is 17.0 Å². The Morgan fingerprint density at radius 1 is 1.50 bits per heavy atom. The van der Waals surface area contributed by atoms with E-state index in [0.717, 1.165) is 0 Å². The summed E-state index contributed by atoms with van der Waals surface area (Å²) >= 11 is 0. The van der Waals surface area contributed by atoms with Gasteiger partial charge >= 0.3 is 5.97 Å². The molecule has 1 aromatic rings. The first-order valence-electron chi connectivity index (χ1n) is 6.60. The number of pyridine rings is 1. The van der Waals surface area contributed by atoms with E-state index in [4.69, 9.17) is 5.11 Å². The molecule has 110 valence electrons. The minimum atomic E-state index is -2.86. The molecular formula is C14H17F2NO3. The maximum atomic E-state index is 14.1. The van der Waals surface area contributed by atoms with Crippen LogP contribution in [0.4, 0.5) is 8.78 Å². The molecular weight excluding hydrogens is 268 g/mol. The third-order valence-corrected chi connectivity index (χ3v) is 4.22. The number of hydrogen-bond acceptors (Lipinski definition) is 2. The third-order valence-electron chi connectivity index (χ3n) is 4.22. The summed E-state index contributed by atoms with van der Waals surface area (Å²) in [6.45, 7) is 1.56. The Kier molecular flexibility index (Phi) is 3.92. The Bertz CT molecular complexity index is 490. The molecule has 0 aliphatic heterocycles. The van der Waals surface area contributed by atoms with Gasteiger partial charge in [0.1, 0.15) is 0 Å². The highest BCUT2D eigenvalue weighted by Gasteiger charge is 2.47. The quantitative estimate of drug-likeness (QED) is 0.685. The van der Waals surface area contributed by atoms with Gasteiger partial charge in [0.2, 0.25) is 0 Å². The van der Waals surface area contributed by atoms with Crippen molar-refractivity contribution in [2.75, 3.05) is 0 Å². The average molecular weight is 285 g/mol. The SMILES string of the molecule is CC(C(=O)O)C1CCC(F)(F)[C@@H](c2cc[n+]([O-])cc2)C1. The van der Waals surface area contributed by atoms with E-state index in [9.17, 15) is 18.8 Å². The summed E-state index contributed by atoms with van der Waals surface area (Å²) < 4.78 is 28.7. The summed E-state index contributed by atoms with van der Waals surface area (Å²) in [6.07, 6.45) is 2.41. The second-order valence-corrected chi connectivity index (χ2v) is 5.47. The van der Waals surface area contributed by atoms with Crippen LogP contribution in [0.25, 0.3) is 0 Å². The van der Waals surface area contributed by atoms with E-state index >= 15 is 0 Å². The molecule has 0 saturated heterocycles. The molecule has 2 unspecified atom stereocenters. The van der Waals surface area contributed by atoms with Gasteiger partial charge in [-0.1, -0.05) is 6.92 Å². The van der Waals surface area contributed by atoms with Gasteiger partial charge in [-0.15, -0.1) is 0 Å². The van der Waals surface area contributed by atoms with Crippen LogP contribution in [0.5, 0.6) is 0 Å². The normalized spacial score (nSPS) is 26.9. The Hall–Kier alpha value is -1.72. The van der Waals surface area contributed by atoms with Crippen LogP contribution in [-0.4, -0.2) is 17.0 Å². The fraction of sp³-hybridized carbons (Fsp3) is 0.571. The Morgan fingerprint density at radius 3 is 2.65 bits per heavy atom. The minimum absolute atomic E-state index is 0.128. The Labute approximate surface area is 115 Å². The van der Waals surface area contributed by atoms with E-state index in [-0.39, 0.29) is 25.2 Å². The molecule has 1 heterocycles. The van der Waals surface area contributed by atoms with E-state index in [0.29, 0.717) is 10.3 Å². The molecule has 1 aromatic heterocycles. The van der Waals surface area contributed by atoms with Gasteiger partial charge in [-0.05, 0) is 24.3 Å². The highest BCUT2D eigenvalue weighted by Crippen LogP contribution is 2.48. The number of alkyl halides is 2. The first-order valence-corrected chi connectivity index (χ1v) is 6.60. The number of carboxylic acids is 1. The molecule has 1 saturated carbocycles. The molecule has 4 nitrogen and oxygen atoms in total. The van der Waals surface area contributed by atoms with Crippen molar-refractivity contribution in [2.45, 2.75) is 38.0 Å². The smallest absolute Gasteiger partial charge is 0.306 e. The molecule has 0 aromatic carbocycles. The topological polar surface area (TPSA) is 64.2 Å². The highest BCUT2D eigenvalue weighted by atomic mass is 19.3. The molecule has 0 radical (unpaired) electrons. The monoisotopic (exact) mass is 285 g/mol. The van der Waals surface area contributed by atoms with Gasteiger partial charge in [0.25, 0.3) is 5.92 Å². The van der Waals surface area contributed by atoms with Crippen molar-refractivity contribution in [2.24, 2.45) is 11.8 Å². The van der Waals surface area contributed by atoms with Gasteiger partial charge in [0.05, 0.1) is 5.92 Å². The second-order valence-electron chi connectivity index (χ2n) is 5.47. The molecule has 3 atom stereocenters. The first kappa shape index (κ1) is 14.7. The van der Waals surface area contributed by atoms with E-state index in [1.807, 2.05) is 0 Å². The van der Waals surface area contributed by atoms with Crippen molar-refractivity contribution in [3.05, 3.63) is 35.3 Å². The maximum Gasteiger partial charge on any atom is 0.306 e. The van der Waals surface area contributed by atoms with Crippen LogP contribution in [0.15, 0.2) is 24.5 Å². The third kappa shape index (κ3) is 2.89. The second kappa shape index (κ2) is 5.34. The molecule has 1 aliphatic carbocycles. The van der Waals surface area contributed by atoms with Crippen LogP contribution in [0.3, 0.4) is 0 Å². The highest BCUT2D eigenvalue weighted by molar-refractivity contribution is 5.69. The number of nitrogens with zero attached hydrogens (tertiary/aromatic N) is 1. The minimum Gasteiger partial charge on any atom is -0.619 e. The van der Waals surface area contributed by atoms with Gasteiger partial charge in [0, 0.05) is 24.5 Å². The predicted molar refractivity (Wildman–Crippen MR) is 67.2 cm³/mol. The van der Waals surface area contributed by atoms with Crippen molar-refractivity contribution < 1.29 is 23.4 Å². The lowest BCUT2D eigenvalue weighted by Crippen LogP contribution is -2.37. The molecule has 0 bridgehead atoms. The predicted octanol–water partition coefficient (Wildman–Crippen LogP) is 2.56. The van der Waals surface area contributed by atoms with Crippen LogP contribution >= 0.6 is 0 Å². The van der Waals surface area contributed by atoms with Gasteiger partial charge in [-0.3, -0.25) is 4.79 Å². The number of carboxylic acid groups (broad SMARTS) is 1. The van der Waals surface area contributed by atoms with Crippen molar-refractivity contribution in [3.63, 3.8) is 0 Å². The van der Waals surface area contributed by atoms with E-state index < -0.39 is 23.7 Å². The summed E-state index contributed by atoms with van der Waals surface area (Å²) in [5.41, 5.74) is 0.393. The number of aromatic nitrogens is 1. The number of carbonyl (C=O) groups is 1. The van der Waals surface area contributed by atoms with Gasteiger partial charge in [0.15, 0.2) is 12.4 Å². The van der Waals surface area contributed by atoms with E-state index in [1.54, 1.807) is 6.92 Å². The van der Waals surface area contributed by atoms with Crippen LogP contribution in [0.1, 0.15) is 37.7 Å². The van der Waals surface area contributed by atoms with Gasteiger partial charge < -0.3 is 10.3 Å². The van der Waals surface area contributed by atoms with Crippen molar-refractivity contribution in [1.29, 1.82) is 0 Å². The maximum absolute atomic E-state index is 14.1. The Balaban J connectivity index is 2.23. The van der Waals surface area contributed by atoms with Crippen molar-refractivity contribution >= 4 is 5.97 Å². The largest absolute Gasteiger partial charge is 0.619 e. The Morgan fingerprint density at radius 2 is 2.10 bits per heavy atom. The lowest BCUT2D eigenvalue weighted by Gasteiger charge is -2.37. The molecule has 1 aliphatic rings. The fourth-order valence-electron chi connectivity index (χ4n) is 2.84. The van der Waals surface area contributed by atoms with Crippen LogP contribution < -0.4 is 4.73 Å². The van der Waals surface area contributed by atoms with E-state index in [1.165, 1.54) is 24.5 Å².